The molecule has 1 atom stereocenters. The van der Waals surface area contributed by atoms with Crippen molar-refractivity contribution in [2.45, 2.75) is 37.8 Å². The average molecular weight is 576 g/mol. The number of amides is 2. The Balaban J connectivity index is 2.02. The van der Waals surface area contributed by atoms with Gasteiger partial charge in [-0.25, -0.2) is 12.8 Å². The largest absolute Gasteiger partial charge is 0.497 e. The van der Waals surface area contributed by atoms with Gasteiger partial charge in [0.25, 0.3) is 10.0 Å². The van der Waals surface area contributed by atoms with Crippen LogP contribution in [0.5, 0.6) is 5.75 Å². The Morgan fingerprint density at radius 3 is 2.26 bits per heavy atom. The third-order valence-electron chi connectivity index (χ3n) is 6.06. The van der Waals surface area contributed by atoms with Gasteiger partial charge in [0.05, 0.1) is 17.7 Å². The van der Waals surface area contributed by atoms with Crippen molar-refractivity contribution >= 4 is 39.1 Å². The number of nitrogens with zero attached hydrogens (tertiary/aromatic N) is 2. The molecular weight excluding hydrogens is 545 g/mol. The first kappa shape index (κ1) is 29.9. The molecule has 1 N–H and O–H groups in total. The molecule has 39 heavy (non-hydrogen) atoms. The fourth-order valence-electron chi connectivity index (χ4n) is 3.80. The van der Waals surface area contributed by atoms with Gasteiger partial charge in [-0.15, -0.1) is 0 Å². The van der Waals surface area contributed by atoms with Crippen molar-refractivity contribution in [3.05, 3.63) is 89.2 Å². The molecule has 0 fully saturated rings. The fraction of sp³-hybridized carbons (Fsp3) is 0.286. The summed E-state index contributed by atoms with van der Waals surface area (Å²) in [5, 5.41) is 3.18. The molecule has 0 aromatic heterocycles. The highest BCUT2D eigenvalue weighted by molar-refractivity contribution is 7.92. The van der Waals surface area contributed by atoms with Gasteiger partial charge >= 0.3 is 0 Å². The van der Waals surface area contributed by atoms with E-state index in [0.29, 0.717) is 29.3 Å². The van der Waals surface area contributed by atoms with E-state index in [1.165, 1.54) is 48.4 Å². The molecule has 0 aliphatic rings. The van der Waals surface area contributed by atoms with Crippen molar-refractivity contribution in [1.82, 2.24) is 10.2 Å². The number of ether oxygens (including phenoxy) is 1. The molecule has 0 radical (unpaired) electrons. The van der Waals surface area contributed by atoms with Gasteiger partial charge in [0.15, 0.2) is 0 Å². The van der Waals surface area contributed by atoms with E-state index >= 15 is 0 Å². The van der Waals surface area contributed by atoms with Crippen molar-refractivity contribution in [3.8, 4) is 5.75 Å². The highest BCUT2D eigenvalue weighted by Crippen LogP contribution is 2.26. The fourth-order valence-corrected chi connectivity index (χ4v) is 5.41. The molecule has 3 aromatic carbocycles. The van der Waals surface area contributed by atoms with Crippen LogP contribution in [0.25, 0.3) is 0 Å². The van der Waals surface area contributed by atoms with Crippen molar-refractivity contribution in [2.75, 3.05) is 24.5 Å². The number of carbonyl (C=O) groups excluding carboxylic acids is 2. The Morgan fingerprint density at radius 2 is 1.67 bits per heavy atom. The maximum atomic E-state index is 13.8. The summed E-state index contributed by atoms with van der Waals surface area (Å²) in [5.74, 6) is -1.14. The van der Waals surface area contributed by atoms with Gasteiger partial charge in [-0.05, 0) is 73.5 Å². The van der Waals surface area contributed by atoms with Crippen molar-refractivity contribution < 1.29 is 27.1 Å². The van der Waals surface area contributed by atoms with E-state index in [2.05, 4.69) is 5.32 Å². The molecule has 0 aliphatic carbocycles. The number of anilines is 1. The molecule has 8 nitrogen and oxygen atoms in total. The van der Waals surface area contributed by atoms with Crippen LogP contribution in [0.3, 0.4) is 0 Å². The lowest BCUT2D eigenvalue weighted by Gasteiger charge is -2.32. The van der Waals surface area contributed by atoms with Crippen LogP contribution < -0.4 is 14.4 Å². The first-order chi connectivity index (χ1) is 18.6. The van der Waals surface area contributed by atoms with Crippen molar-refractivity contribution in [3.63, 3.8) is 0 Å². The van der Waals surface area contributed by atoms with Gasteiger partial charge in [-0.1, -0.05) is 36.7 Å². The van der Waals surface area contributed by atoms with E-state index < -0.39 is 34.3 Å². The minimum absolute atomic E-state index is 0.0287. The molecule has 0 unspecified atom stereocenters. The Labute approximate surface area is 233 Å². The van der Waals surface area contributed by atoms with E-state index in [1.54, 1.807) is 31.2 Å². The van der Waals surface area contributed by atoms with Crippen LogP contribution in [0.15, 0.2) is 77.7 Å². The van der Waals surface area contributed by atoms with Gasteiger partial charge in [0.2, 0.25) is 11.8 Å². The SMILES string of the molecule is CCCNC(=O)[C@H](C)N(Cc1ccccc1Cl)C(=O)CN(c1ccc(F)cc1)S(=O)(=O)c1ccc(OC)cc1. The number of methoxy groups -OCH3 is 1. The van der Waals surface area contributed by atoms with Crippen LogP contribution >= 0.6 is 11.6 Å². The summed E-state index contributed by atoms with van der Waals surface area (Å²) >= 11 is 6.34. The van der Waals surface area contributed by atoms with E-state index in [9.17, 15) is 22.4 Å². The number of hydrogen-bond donors (Lipinski definition) is 1. The Hall–Kier alpha value is -3.63. The molecule has 0 spiro atoms. The smallest absolute Gasteiger partial charge is 0.264 e. The zero-order chi connectivity index (χ0) is 28.6. The van der Waals surface area contributed by atoms with Crippen molar-refractivity contribution in [2.24, 2.45) is 0 Å². The van der Waals surface area contributed by atoms with E-state index in [-0.39, 0.29) is 23.0 Å². The second kappa shape index (κ2) is 13.4. The van der Waals surface area contributed by atoms with E-state index in [0.717, 1.165) is 16.4 Å². The van der Waals surface area contributed by atoms with E-state index in [4.69, 9.17) is 16.3 Å². The summed E-state index contributed by atoms with van der Waals surface area (Å²) in [4.78, 5) is 27.9. The normalized spacial score (nSPS) is 11.9. The lowest BCUT2D eigenvalue weighted by Crippen LogP contribution is -2.51. The maximum absolute atomic E-state index is 13.8. The second-order valence-electron chi connectivity index (χ2n) is 8.74. The Morgan fingerprint density at radius 1 is 1.03 bits per heavy atom. The van der Waals surface area contributed by atoms with Gasteiger partial charge in [0, 0.05) is 18.1 Å². The monoisotopic (exact) mass is 575 g/mol. The predicted octanol–water partition coefficient (Wildman–Crippen LogP) is 4.63. The summed E-state index contributed by atoms with van der Waals surface area (Å²) in [6.45, 7) is 3.22. The number of sulfonamides is 1. The third kappa shape index (κ3) is 7.48. The Bertz CT molecular complexity index is 1390. The zero-order valence-electron chi connectivity index (χ0n) is 21.9. The highest BCUT2D eigenvalue weighted by atomic mass is 35.5. The predicted molar refractivity (Wildman–Crippen MR) is 149 cm³/mol. The van der Waals surface area contributed by atoms with Crippen LogP contribution in [-0.4, -0.2) is 51.4 Å². The van der Waals surface area contributed by atoms with Gasteiger partial charge < -0.3 is 15.0 Å². The van der Waals surface area contributed by atoms with Crippen LogP contribution in [0.2, 0.25) is 5.02 Å². The molecule has 0 heterocycles. The molecule has 208 valence electrons. The zero-order valence-corrected chi connectivity index (χ0v) is 23.5. The third-order valence-corrected chi connectivity index (χ3v) is 8.21. The first-order valence-electron chi connectivity index (χ1n) is 12.3. The van der Waals surface area contributed by atoms with E-state index in [1.807, 2.05) is 6.92 Å². The molecule has 0 aliphatic heterocycles. The van der Waals surface area contributed by atoms with Gasteiger partial charge in [-0.3, -0.25) is 13.9 Å². The molecule has 3 rings (SSSR count). The number of carbonyl (C=O) groups is 2. The number of benzene rings is 3. The minimum atomic E-state index is -4.28. The maximum Gasteiger partial charge on any atom is 0.264 e. The van der Waals surface area contributed by atoms with Crippen molar-refractivity contribution in [1.29, 1.82) is 0 Å². The van der Waals surface area contributed by atoms with Gasteiger partial charge in [0.1, 0.15) is 24.2 Å². The minimum Gasteiger partial charge on any atom is -0.497 e. The number of nitrogens with one attached hydrogen (secondary N) is 1. The molecule has 3 aromatic rings. The average Bonchev–Trinajstić information content (AvgIpc) is 2.94. The second-order valence-corrected chi connectivity index (χ2v) is 11.0. The summed E-state index contributed by atoms with van der Waals surface area (Å²) in [6.07, 6.45) is 0.704. The molecule has 0 saturated carbocycles. The van der Waals surface area contributed by atoms with Gasteiger partial charge in [-0.2, -0.15) is 0 Å². The first-order valence-corrected chi connectivity index (χ1v) is 14.1. The highest BCUT2D eigenvalue weighted by Gasteiger charge is 2.32. The van der Waals surface area contributed by atoms with Crippen LogP contribution in [0.1, 0.15) is 25.8 Å². The quantitative estimate of drug-likeness (QED) is 0.340. The molecule has 0 bridgehead atoms. The standard InChI is InChI=1S/C28H31ClFN3O5S/c1-4-17-31-28(35)20(2)32(18-21-7-5-6-8-26(21)29)27(34)19-33(23-11-9-22(30)10-12-23)39(36,37)25-15-13-24(38-3)14-16-25/h5-16,20H,4,17-19H2,1-3H3,(H,31,35)/t20-/m0/s1. The van der Waals surface area contributed by atoms with Crippen LogP contribution in [0, 0.1) is 5.82 Å². The lowest BCUT2D eigenvalue weighted by atomic mass is 10.1. The topological polar surface area (TPSA) is 96.0 Å². The molecular formula is C28H31ClFN3O5S. The van der Waals surface area contributed by atoms with Crippen LogP contribution in [-0.2, 0) is 26.2 Å². The summed E-state index contributed by atoms with van der Waals surface area (Å²) in [6, 6.07) is 16.4. The summed E-state index contributed by atoms with van der Waals surface area (Å²) < 4.78 is 47.2. The number of halogens is 2. The molecule has 2 amide bonds. The molecule has 0 saturated heterocycles. The Kier molecular flexibility index (Phi) is 10.3. The number of rotatable bonds is 12. The lowest BCUT2D eigenvalue weighted by molar-refractivity contribution is -0.139. The molecule has 11 heteroatoms. The summed E-state index contributed by atoms with van der Waals surface area (Å²) in [5.41, 5.74) is 0.676. The summed E-state index contributed by atoms with van der Waals surface area (Å²) in [7, 11) is -2.82. The number of hydrogen-bond acceptors (Lipinski definition) is 5. The van der Waals surface area contributed by atoms with Crippen LogP contribution in [0.4, 0.5) is 10.1 Å².